The number of rotatable bonds is 5. The number of para-hydroxylation sites is 1. The Morgan fingerprint density at radius 2 is 2.09 bits per heavy atom. The van der Waals surface area contributed by atoms with Gasteiger partial charge in [-0.2, -0.15) is 0 Å². The van der Waals surface area contributed by atoms with Crippen molar-refractivity contribution in [2.24, 2.45) is 5.92 Å². The Morgan fingerprint density at radius 1 is 1.32 bits per heavy atom. The lowest BCUT2D eigenvalue weighted by Crippen LogP contribution is -2.64. The topological polar surface area (TPSA) is 24.9 Å². The standard InChI is InChI=1S/C18H28N2O2/c1-19(2)10-15-8-9-18(22-12-15)13-20(14-18)11-16-6-4-5-7-17(16)21-3/h4-7,15H,8-14H2,1-3H3/t15-/m0/s1. The first-order chi connectivity index (χ1) is 10.6. The van der Waals surface area contributed by atoms with Gasteiger partial charge < -0.3 is 14.4 Å². The SMILES string of the molecule is COc1ccccc1CN1CC2(CC[C@@H](CN(C)C)CO2)C1. The van der Waals surface area contributed by atoms with E-state index in [1.165, 1.54) is 18.4 Å². The van der Waals surface area contributed by atoms with Crippen molar-refractivity contribution in [1.29, 1.82) is 0 Å². The van der Waals surface area contributed by atoms with Crippen molar-refractivity contribution in [2.75, 3.05) is 47.4 Å². The van der Waals surface area contributed by atoms with Crippen LogP contribution in [0.15, 0.2) is 24.3 Å². The summed E-state index contributed by atoms with van der Waals surface area (Å²) in [6.07, 6.45) is 2.49. The molecule has 0 aromatic heterocycles. The molecule has 3 rings (SSSR count). The summed E-state index contributed by atoms with van der Waals surface area (Å²) in [6.45, 7) is 5.12. The molecule has 1 aromatic rings. The Morgan fingerprint density at radius 3 is 2.73 bits per heavy atom. The Kier molecular flexibility index (Phi) is 4.71. The van der Waals surface area contributed by atoms with Crippen LogP contribution in [0.3, 0.4) is 0 Å². The number of methoxy groups -OCH3 is 1. The van der Waals surface area contributed by atoms with E-state index >= 15 is 0 Å². The third-order valence-corrected chi connectivity index (χ3v) is 4.87. The molecule has 2 aliphatic heterocycles. The predicted octanol–water partition coefficient (Wildman–Crippen LogP) is 2.24. The van der Waals surface area contributed by atoms with Gasteiger partial charge in [-0.3, -0.25) is 4.90 Å². The van der Waals surface area contributed by atoms with Gasteiger partial charge in [-0.15, -0.1) is 0 Å². The molecule has 0 radical (unpaired) electrons. The maximum atomic E-state index is 6.24. The van der Waals surface area contributed by atoms with Gasteiger partial charge in [-0.05, 0) is 38.9 Å². The molecule has 0 bridgehead atoms. The van der Waals surface area contributed by atoms with E-state index in [1.807, 2.05) is 12.1 Å². The van der Waals surface area contributed by atoms with Crippen molar-refractivity contribution in [3.05, 3.63) is 29.8 Å². The second-order valence-electron chi connectivity index (χ2n) is 7.12. The molecule has 0 N–H and O–H groups in total. The van der Waals surface area contributed by atoms with E-state index in [0.717, 1.165) is 38.5 Å². The number of benzene rings is 1. The molecule has 2 fully saturated rings. The number of nitrogens with zero attached hydrogens (tertiary/aromatic N) is 2. The molecule has 0 amide bonds. The van der Waals surface area contributed by atoms with Crippen LogP contribution in [0.4, 0.5) is 0 Å². The monoisotopic (exact) mass is 304 g/mol. The van der Waals surface area contributed by atoms with Gasteiger partial charge in [0.25, 0.3) is 0 Å². The molecule has 122 valence electrons. The van der Waals surface area contributed by atoms with Crippen LogP contribution in [0.1, 0.15) is 18.4 Å². The Hall–Kier alpha value is -1.10. The van der Waals surface area contributed by atoms with Crippen LogP contribution in [0.25, 0.3) is 0 Å². The second-order valence-corrected chi connectivity index (χ2v) is 7.12. The largest absolute Gasteiger partial charge is 0.496 e. The molecular weight excluding hydrogens is 276 g/mol. The smallest absolute Gasteiger partial charge is 0.123 e. The molecule has 2 heterocycles. The van der Waals surface area contributed by atoms with Crippen LogP contribution >= 0.6 is 0 Å². The molecule has 22 heavy (non-hydrogen) atoms. The molecule has 2 aliphatic rings. The lowest BCUT2D eigenvalue weighted by Gasteiger charge is -2.53. The number of ether oxygens (including phenoxy) is 2. The van der Waals surface area contributed by atoms with Crippen LogP contribution < -0.4 is 4.74 Å². The Labute approximate surface area is 134 Å². The maximum Gasteiger partial charge on any atom is 0.123 e. The summed E-state index contributed by atoms with van der Waals surface area (Å²) in [4.78, 5) is 4.73. The van der Waals surface area contributed by atoms with Crippen molar-refractivity contribution < 1.29 is 9.47 Å². The fourth-order valence-electron chi connectivity index (χ4n) is 3.78. The van der Waals surface area contributed by atoms with E-state index in [0.29, 0.717) is 5.92 Å². The van der Waals surface area contributed by atoms with E-state index in [-0.39, 0.29) is 5.60 Å². The zero-order chi connectivity index (χ0) is 15.6. The molecule has 1 atom stereocenters. The summed E-state index contributed by atoms with van der Waals surface area (Å²) in [6, 6.07) is 8.29. The molecule has 0 saturated carbocycles. The van der Waals surface area contributed by atoms with Gasteiger partial charge >= 0.3 is 0 Å². The maximum absolute atomic E-state index is 6.24. The Balaban J connectivity index is 1.48. The molecule has 4 nitrogen and oxygen atoms in total. The molecule has 2 saturated heterocycles. The molecular formula is C18H28N2O2. The van der Waals surface area contributed by atoms with Crippen LogP contribution in [0, 0.1) is 5.92 Å². The number of hydrogen-bond acceptors (Lipinski definition) is 4. The zero-order valence-corrected chi connectivity index (χ0v) is 14.0. The molecule has 0 unspecified atom stereocenters. The summed E-state index contributed by atoms with van der Waals surface area (Å²) >= 11 is 0. The number of hydrogen-bond donors (Lipinski definition) is 0. The van der Waals surface area contributed by atoms with Crippen molar-refractivity contribution in [3.63, 3.8) is 0 Å². The highest BCUT2D eigenvalue weighted by atomic mass is 16.5. The molecule has 1 spiro atoms. The highest BCUT2D eigenvalue weighted by Crippen LogP contribution is 2.37. The average Bonchev–Trinajstić information content (AvgIpc) is 2.47. The number of likely N-dealkylation sites (tertiary alicyclic amines) is 1. The lowest BCUT2D eigenvalue weighted by atomic mass is 9.82. The van der Waals surface area contributed by atoms with Crippen LogP contribution in [0.2, 0.25) is 0 Å². The zero-order valence-electron chi connectivity index (χ0n) is 14.0. The van der Waals surface area contributed by atoms with Gasteiger partial charge in [0.2, 0.25) is 0 Å². The second kappa shape index (κ2) is 6.57. The van der Waals surface area contributed by atoms with E-state index < -0.39 is 0 Å². The first-order valence-electron chi connectivity index (χ1n) is 8.23. The summed E-state index contributed by atoms with van der Waals surface area (Å²) in [7, 11) is 6.02. The van der Waals surface area contributed by atoms with E-state index in [2.05, 4.69) is 36.0 Å². The molecule has 1 aromatic carbocycles. The van der Waals surface area contributed by atoms with Gasteiger partial charge in [0.1, 0.15) is 5.75 Å². The minimum absolute atomic E-state index is 0.130. The normalized spacial score (nSPS) is 24.5. The minimum atomic E-state index is 0.130. The highest BCUT2D eigenvalue weighted by molar-refractivity contribution is 5.33. The van der Waals surface area contributed by atoms with Crippen molar-refractivity contribution in [3.8, 4) is 5.75 Å². The van der Waals surface area contributed by atoms with Crippen LogP contribution in [0.5, 0.6) is 5.75 Å². The Bertz CT molecular complexity index is 488. The summed E-state index contributed by atoms with van der Waals surface area (Å²) in [5.41, 5.74) is 1.39. The third-order valence-electron chi connectivity index (χ3n) is 4.87. The fraction of sp³-hybridized carbons (Fsp3) is 0.667. The van der Waals surface area contributed by atoms with Crippen molar-refractivity contribution >= 4 is 0 Å². The van der Waals surface area contributed by atoms with E-state index in [9.17, 15) is 0 Å². The summed E-state index contributed by atoms with van der Waals surface area (Å²) in [5, 5.41) is 0. The summed E-state index contributed by atoms with van der Waals surface area (Å²) < 4.78 is 11.7. The van der Waals surface area contributed by atoms with E-state index in [4.69, 9.17) is 9.47 Å². The third kappa shape index (κ3) is 3.45. The first-order valence-corrected chi connectivity index (χ1v) is 8.23. The molecule has 0 aliphatic carbocycles. The quantitative estimate of drug-likeness (QED) is 0.833. The van der Waals surface area contributed by atoms with Crippen LogP contribution in [-0.4, -0.2) is 62.8 Å². The fourth-order valence-corrected chi connectivity index (χ4v) is 3.78. The lowest BCUT2D eigenvalue weighted by molar-refractivity contribution is -0.183. The average molecular weight is 304 g/mol. The summed E-state index contributed by atoms with van der Waals surface area (Å²) in [5.74, 6) is 1.68. The van der Waals surface area contributed by atoms with Gasteiger partial charge in [0.05, 0.1) is 19.3 Å². The highest BCUT2D eigenvalue weighted by Gasteiger charge is 2.46. The van der Waals surface area contributed by atoms with Gasteiger partial charge in [0.15, 0.2) is 0 Å². The van der Waals surface area contributed by atoms with Crippen molar-refractivity contribution in [2.45, 2.75) is 25.0 Å². The van der Waals surface area contributed by atoms with Crippen molar-refractivity contribution in [1.82, 2.24) is 9.80 Å². The van der Waals surface area contributed by atoms with Gasteiger partial charge in [-0.25, -0.2) is 0 Å². The molecule has 4 heteroatoms. The van der Waals surface area contributed by atoms with Gasteiger partial charge in [-0.1, -0.05) is 18.2 Å². The van der Waals surface area contributed by atoms with Crippen LogP contribution in [-0.2, 0) is 11.3 Å². The predicted molar refractivity (Wildman–Crippen MR) is 88.2 cm³/mol. The first kappa shape index (κ1) is 15.8. The van der Waals surface area contributed by atoms with E-state index in [1.54, 1.807) is 7.11 Å². The minimum Gasteiger partial charge on any atom is -0.496 e. The van der Waals surface area contributed by atoms with Gasteiger partial charge in [0, 0.05) is 31.7 Å².